The molecule has 0 aliphatic carbocycles. The molecule has 2 fully saturated rings. The molecule has 10 rings (SSSR count). The smallest absolute Gasteiger partial charge is 0.315 e. The van der Waals surface area contributed by atoms with E-state index in [2.05, 4.69) is 80.7 Å². The number of pyridine rings is 8. The zero-order valence-electron chi connectivity index (χ0n) is 52.7. The predicted molar refractivity (Wildman–Crippen MR) is 361 cm³/mol. The minimum absolute atomic E-state index is 0.0651. The number of urea groups is 1. The van der Waals surface area contributed by atoms with Gasteiger partial charge in [-0.25, -0.2) is 4.79 Å². The van der Waals surface area contributed by atoms with Crippen LogP contribution in [0.4, 0.5) is 16.2 Å². The molecular weight excluding hydrogens is 1190 g/mol. The number of hydrogen-bond acceptors (Lipinski definition) is 19. The number of nitrogens with one attached hydrogen (secondary N) is 4. The number of nitrogens with two attached hydrogens (primary N) is 1. The van der Waals surface area contributed by atoms with Crippen molar-refractivity contribution < 1.29 is 24.6 Å². The van der Waals surface area contributed by atoms with E-state index in [1.54, 1.807) is 61.7 Å². The van der Waals surface area contributed by atoms with E-state index >= 15 is 0 Å². The number of anilines is 2. The SMILES string of the molecule is Nc1ccnc(CN(Cc2ccccn2)CC(O)CN(Cc2ccccn2)Cc2ccccn2)c1.O=C(CCCCC1SC[C@@H]2NC(=O)N[C@H]12)NCCCCCC(=O)Nc1ccnc(CN(Cc2ccccn2)CC(O)CN(Cc2ccccn2)Cc2ccccn2)c1. The fraction of sp³-hybridized carbons (Fsp3) is 0.386. The van der Waals surface area contributed by atoms with Gasteiger partial charge >= 0.3 is 6.03 Å². The number of aliphatic hydroxyl groups is 2. The van der Waals surface area contributed by atoms with Crippen LogP contribution in [0.15, 0.2) is 183 Å². The van der Waals surface area contributed by atoms with Crippen molar-refractivity contribution in [2.75, 3.05) is 49.5 Å². The third-order valence-electron chi connectivity index (χ3n) is 15.7. The van der Waals surface area contributed by atoms with Gasteiger partial charge in [0.15, 0.2) is 0 Å². The van der Waals surface area contributed by atoms with Crippen LogP contribution in [0.1, 0.15) is 96.9 Å². The molecule has 10 heterocycles. The number of nitrogen functional groups attached to an aromatic ring is 1. The van der Waals surface area contributed by atoms with Gasteiger partial charge in [-0.05, 0) is 123 Å². The second-order valence-electron chi connectivity index (χ2n) is 23.6. The maximum Gasteiger partial charge on any atom is 0.315 e. The molecule has 2 saturated heterocycles. The van der Waals surface area contributed by atoms with Crippen molar-refractivity contribution in [2.24, 2.45) is 0 Å². The standard InChI is InChI=1S/C43H56N10O4S.C27H31N7O/c54-37(29-52(25-33-12-5-9-19-44-33)26-34-13-6-10-20-45-34)30-53(27-35-14-7-11-21-46-35)28-36-24-32(18-23-47-36)49-41(56)17-2-1-8-22-48-40(55)16-4-3-15-39-42-38(31-58-39)50-43(57)51-42;28-22-10-14-32-26(15-22)19-34(18-25-9-3-6-13-31-25)21-27(35)20-33(16-23-7-1-4-11-29-23)17-24-8-2-5-12-30-24/h5-7,9-14,18-21,23-24,37-39,42,54H,1-4,8,15-17,22,25-31H2,(H,48,55)(H,47,49,56)(H2,50,51,57);1-15,27,35H,16-21H2,(H2,28,32)/t37?,38-,39?,42-;/m0./s1. The van der Waals surface area contributed by atoms with E-state index in [0.717, 1.165) is 89.8 Å². The summed E-state index contributed by atoms with van der Waals surface area (Å²) in [5.41, 5.74) is 14.5. The van der Waals surface area contributed by atoms with Crippen molar-refractivity contribution in [3.63, 3.8) is 0 Å². The molecule has 2 aliphatic heterocycles. The molecule has 0 radical (unpaired) electrons. The molecule has 3 unspecified atom stereocenters. The van der Waals surface area contributed by atoms with Crippen LogP contribution < -0.4 is 27.0 Å². The largest absolute Gasteiger partial charge is 0.399 e. The van der Waals surface area contributed by atoms with E-state index < -0.39 is 12.2 Å². The molecule has 488 valence electrons. The van der Waals surface area contributed by atoms with E-state index in [4.69, 9.17) is 5.73 Å². The van der Waals surface area contributed by atoms with E-state index in [1.807, 2.05) is 133 Å². The highest BCUT2D eigenvalue weighted by molar-refractivity contribution is 8.00. The van der Waals surface area contributed by atoms with Crippen LogP contribution in [0.3, 0.4) is 0 Å². The summed E-state index contributed by atoms with van der Waals surface area (Å²) in [5, 5.41) is 35.1. The van der Waals surface area contributed by atoms with Gasteiger partial charge in [-0.1, -0.05) is 49.2 Å². The average molecular weight is 1280 g/mol. The van der Waals surface area contributed by atoms with Gasteiger partial charge in [0.25, 0.3) is 0 Å². The zero-order valence-corrected chi connectivity index (χ0v) is 53.6. The van der Waals surface area contributed by atoms with E-state index in [-0.39, 0.29) is 29.9 Å². The molecule has 8 N–H and O–H groups in total. The monoisotopic (exact) mass is 1280 g/mol. The summed E-state index contributed by atoms with van der Waals surface area (Å²) < 4.78 is 0. The maximum absolute atomic E-state index is 12.9. The summed E-state index contributed by atoms with van der Waals surface area (Å²) in [6.45, 7) is 6.77. The van der Waals surface area contributed by atoms with Gasteiger partial charge in [0, 0.05) is 170 Å². The van der Waals surface area contributed by atoms with Crippen molar-refractivity contribution in [1.82, 2.24) is 75.4 Å². The molecule has 4 amide bonds. The topological polar surface area (TPSA) is 282 Å². The number of unbranched alkanes of at least 4 members (excludes halogenated alkanes) is 3. The summed E-state index contributed by atoms with van der Waals surface area (Å²) in [4.78, 5) is 81.4. The number of nitrogens with zero attached hydrogens (tertiary/aromatic N) is 12. The van der Waals surface area contributed by atoms with Gasteiger partial charge in [-0.2, -0.15) is 11.8 Å². The Labute approximate surface area is 549 Å². The normalized spacial score (nSPS) is 15.7. The summed E-state index contributed by atoms with van der Waals surface area (Å²) in [6.07, 6.45) is 18.9. The predicted octanol–water partition coefficient (Wildman–Crippen LogP) is 7.59. The van der Waals surface area contributed by atoms with Gasteiger partial charge in [0.05, 0.1) is 69.8 Å². The van der Waals surface area contributed by atoms with E-state index in [0.29, 0.717) is 115 Å². The Hall–Kier alpha value is -8.68. The third-order valence-corrected chi connectivity index (χ3v) is 17.3. The van der Waals surface area contributed by atoms with Crippen molar-refractivity contribution >= 4 is 41.0 Å². The number of carbonyl (C=O) groups excluding carboxylic acids is 3. The molecule has 2 aliphatic rings. The number of aromatic nitrogens is 8. The van der Waals surface area contributed by atoms with Gasteiger partial charge in [-0.3, -0.25) is 69.1 Å². The van der Waals surface area contributed by atoms with Crippen molar-refractivity contribution in [1.29, 1.82) is 0 Å². The molecule has 93 heavy (non-hydrogen) atoms. The van der Waals surface area contributed by atoms with Crippen LogP contribution in [0, 0.1) is 0 Å². The second-order valence-corrected chi connectivity index (χ2v) is 24.9. The molecule has 0 saturated carbocycles. The number of amides is 4. The number of rotatable bonds is 36. The summed E-state index contributed by atoms with van der Waals surface area (Å²) in [5.74, 6) is 0.947. The van der Waals surface area contributed by atoms with Crippen LogP contribution in [-0.4, -0.2) is 156 Å². The fourth-order valence-corrected chi connectivity index (χ4v) is 13.0. The van der Waals surface area contributed by atoms with Crippen molar-refractivity contribution in [3.05, 3.63) is 229 Å². The molecule has 5 atom stereocenters. The minimum atomic E-state index is -0.691. The zero-order chi connectivity index (χ0) is 64.7. The van der Waals surface area contributed by atoms with Crippen molar-refractivity contribution in [3.8, 4) is 0 Å². The van der Waals surface area contributed by atoms with Crippen LogP contribution >= 0.6 is 11.8 Å². The van der Waals surface area contributed by atoms with Crippen LogP contribution in [0.25, 0.3) is 0 Å². The molecule has 0 bridgehead atoms. The summed E-state index contributed by atoms with van der Waals surface area (Å²) in [6, 6.07) is 42.8. The first-order valence-electron chi connectivity index (χ1n) is 32.1. The molecule has 0 spiro atoms. The van der Waals surface area contributed by atoms with Gasteiger partial charge in [0.1, 0.15) is 0 Å². The number of hydrogen-bond donors (Lipinski definition) is 7. The number of thioether (sulfide) groups is 1. The molecule has 0 aromatic carbocycles. The first-order valence-corrected chi connectivity index (χ1v) is 33.1. The Morgan fingerprint density at radius 1 is 0.484 bits per heavy atom. The van der Waals surface area contributed by atoms with E-state index in [1.165, 1.54) is 0 Å². The number of aliphatic hydroxyl groups excluding tert-OH is 2. The van der Waals surface area contributed by atoms with Crippen LogP contribution in [0.5, 0.6) is 0 Å². The molecule has 8 aromatic heterocycles. The van der Waals surface area contributed by atoms with Crippen molar-refractivity contribution in [2.45, 2.75) is 133 Å². The Kier molecular flexibility index (Phi) is 27.9. The third kappa shape index (κ3) is 25.0. The summed E-state index contributed by atoms with van der Waals surface area (Å²) in [7, 11) is 0. The Morgan fingerprint density at radius 2 is 0.882 bits per heavy atom. The lowest BCUT2D eigenvalue weighted by Gasteiger charge is -2.29. The first-order chi connectivity index (χ1) is 45.5. The van der Waals surface area contributed by atoms with Gasteiger partial charge < -0.3 is 37.2 Å². The highest BCUT2D eigenvalue weighted by atomic mass is 32.2. The van der Waals surface area contributed by atoms with E-state index in [9.17, 15) is 24.6 Å². The second kappa shape index (κ2) is 37.7. The number of fused-ring (bicyclic) bond motifs is 1. The Morgan fingerprint density at radius 3 is 1.31 bits per heavy atom. The average Bonchev–Trinajstić information content (AvgIpc) is 1.73. The highest BCUT2D eigenvalue weighted by Gasteiger charge is 2.42. The Balaban J connectivity index is 0.000000248. The number of carbonyl (C=O) groups is 3. The lowest BCUT2D eigenvalue weighted by Crippen LogP contribution is -2.40. The van der Waals surface area contributed by atoms with Crippen LogP contribution in [-0.2, 0) is 61.9 Å². The molecular formula is C70H87N17O5S. The fourth-order valence-electron chi connectivity index (χ4n) is 11.5. The quantitative estimate of drug-likeness (QED) is 0.0147. The molecule has 22 nitrogen and oxygen atoms in total. The minimum Gasteiger partial charge on any atom is -0.399 e. The molecule has 8 aromatic rings. The highest BCUT2D eigenvalue weighted by Crippen LogP contribution is 2.33. The lowest BCUT2D eigenvalue weighted by molar-refractivity contribution is -0.121. The summed E-state index contributed by atoms with van der Waals surface area (Å²) >= 11 is 1.90. The lowest BCUT2D eigenvalue weighted by atomic mass is 10.0. The van der Waals surface area contributed by atoms with Gasteiger partial charge in [-0.15, -0.1) is 0 Å². The maximum atomic E-state index is 12.9. The Bertz CT molecular complexity index is 3370. The van der Waals surface area contributed by atoms with Gasteiger partial charge in [0.2, 0.25) is 11.8 Å². The first kappa shape index (κ1) is 68.7. The molecule has 23 heteroatoms. The van der Waals surface area contributed by atoms with Crippen LogP contribution in [0.2, 0.25) is 0 Å².